The van der Waals surface area contributed by atoms with Crippen molar-refractivity contribution in [2.75, 3.05) is 12.9 Å². The van der Waals surface area contributed by atoms with Crippen LogP contribution < -0.4 is 0 Å². The van der Waals surface area contributed by atoms with E-state index in [1.807, 2.05) is 60.7 Å². The highest BCUT2D eigenvalue weighted by atomic mass is 32.2. The highest BCUT2D eigenvalue weighted by molar-refractivity contribution is 7.86. The molecule has 1 heterocycles. The average molecular weight is 461 g/mol. The third-order valence-electron chi connectivity index (χ3n) is 4.65. The zero-order chi connectivity index (χ0) is 23.0. The number of hydrogen-bond acceptors (Lipinski definition) is 8. The van der Waals surface area contributed by atoms with Gasteiger partial charge in [0.2, 0.25) is 6.10 Å². The van der Waals surface area contributed by atoms with Crippen molar-refractivity contribution in [3.63, 3.8) is 0 Å². The van der Waals surface area contributed by atoms with Crippen LogP contribution in [0, 0.1) is 0 Å². The number of ether oxygens (including phenoxy) is 3. The van der Waals surface area contributed by atoms with Crippen molar-refractivity contribution in [3.05, 3.63) is 82.2 Å². The number of carbonyl (C=O) groups is 1. The first-order valence-electron chi connectivity index (χ1n) is 9.77. The Morgan fingerprint density at radius 3 is 2.22 bits per heavy atom. The Morgan fingerprint density at radius 2 is 1.66 bits per heavy atom. The summed E-state index contributed by atoms with van der Waals surface area (Å²) in [7, 11) is -3.99. The quantitative estimate of drug-likeness (QED) is 0.165. The van der Waals surface area contributed by atoms with Gasteiger partial charge in [-0.25, -0.2) is 4.79 Å². The highest BCUT2D eigenvalue weighted by Crippen LogP contribution is 2.28. The van der Waals surface area contributed by atoms with Gasteiger partial charge in [0.15, 0.2) is 0 Å². The molecule has 0 N–H and O–H groups in total. The zero-order valence-electron chi connectivity index (χ0n) is 17.3. The number of benzene rings is 2. The molecule has 0 radical (unpaired) electrons. The minimum absolute atomic E-state index is 0.0656. The van der Waals surface area contributed by atoms with Gasteiger partial charge < -0.3 is 14.2 Å². The fourth-order valence-corrected chi connectivity index (χ4v) is 3.80. The van der Waals surface area contributed by atoms with E-state index in [4.69, 9.17) is 23.9 Å². The average Bonchev–Trinajstić information content (AvgIpc) is 3.07. The number of esters is 1. The van der Waals surface area contributed by atoms with Gasteiger partial charge in [0.05, 0.1) is 26.1 Å². The van der Waals surface area contributed by atoms with Gasteiger partial charge in [-0.2, -0.15) is 8.42 Å². The van der Waals surface area contributed by atoms with E-state index in [9.17, 15) is 13.2 Å². The zero-order valence-corrected chi connectivity index (χ0v) is 18.1. The Kier molecular flexibility index (Phi) is 8.20. The molecule has 170 valence electrons. The largest absolute Gasteiger partial charge is 0.457 e. The van der Waals surface area contributed by atoms with Crippen LogP contribution in [0.5, 0.6) is 0 Å². The van der Waals surface area contributed by atoms with Crippen molar-refractivity contribution in [2.45, 2.75) is 37.6 Å². The minimum atomic E-state index is -3.99. The number of azide groups is 1. The SMILES string of the molecule is CS(=O)(=O)O[C@H]1C(=O)O[C@H]([C@@H](COCc2ccccc2)N=[N+]=[N-])[C@H]1OCc1ccccc1. The molecule has 4 atom stereocenters. The first-order valence-corrected chi connectivity index (χ1v) is 11.6. The van der Waals surface area contributed by atoms with Gasteiger partial charge in [0, 0.05) is 4.91 Å². The van der Waals surface area contributed by atoms with Gasteiger partial charge in [-0.3, -0.25) is 4.18 Å². The third-order valence-corrected chi connectivity index (χ3v) is 5.21. The summed E-state index contributed by atoms with van der Waals surface area (Å²) in [4.78, 5) is 15.2. The molecule has 10 nitrogen and oxygen atoms in total. The van der Waals surface area contributed by atoms with E-state index in [1.54, 1.807) is 0 Å². The maximum atomic E-state index is 12.4. The van der Waals surface area contributed by atoms with Gasteiger partial charge in [0.1, 0.15) is 18.2 Å². The number of rotatable bonds is 11. The van der Waals surface area contributed by atoms with Gasteiger partial charge in [-0.1, -0.05) is 65.8 Å². The Hall–Kier alpha value is -2.95. The second kappa shape index (κ2) is 11.1. The Morgan fingerprint density at radius 1 is 1.06 bits per heavy atom. The lowest BCUT2D eigenvalue weighted by atomic mass is 10.0. The Bertz CT molecular complexity index is 1040. The summed E-state index contributed by atoms with van der Waals surface area (Å²) in [6.07, 6.45) is -2.92. The molecule has 1 fully saturated rings. The summed E-state index contributed by atoms with van der Waals surface area (Å²) < 4.78 is 45.2. The summed E-state index contributed by atoms with van der Waals surface area (Å²) >= 11 is 0. The monoisotopic (exact) mass is 461 g/mol. The van der Waals surface area contributed by atoms with Crippen molar-refractivity contribution < 1.29 is 31.6 Å². The van der Waals surface area contributed by atoms with Crippen LogP contribution in [0.2, 0.25) is 0 Å². The fourth-order valence-electron chi connectivity index (χ4n) is 3.24. The van der Waals surface area contributed by atoms with Gasteiger partial charge in [-0.15, -0.1) is 0 Å². The predicted octanol–water partition coefficient (Wildman–Crippen LogP) is 2.74. The fraction of sp³-hybridized carbons (Fsp3) is 0.381. The van der Waals surface area contributed by atoms with Crippen LogP contribution >= 0.6 is 0 Å². The molecule has 1 aliphatic rings. The van der Waals surface area contributed by atoms with Crippen LogP contribution in [-0.2, 0) is 46.5 Å². The van der Waals surface area contributed by atoms with E-state index >= 15 is 0 Å². The molecule has 0 saturated carbocycles. The topological polar surface area (TPSA) is 137 Å². The van der Waals surface area contributed by atoms with Gasteiger partial charge >= 0.3 is 5.97 Å². The molecule has 2 aromatic rings. The summed E-state index contributed by atoms with van der Waals surface area (Å²) in [5.74, 6) is -0.917. The predicted molar refractivity (Wildman–Crippen MR) is 114 cm³/mol. The lowest BCUT2D eigenvalue weighted by molar-refractivity contribution is -0.147. The van der Waals surface area contributed by atoms with Crippen LogP contribution in [0.15, 0.2) is 65.8 Å². The molecule has 0 unspecified atom stereocenters. The van der Waals surface area contributed by atoms with Crippen LogP contribution in [0.4, 0.5) is 0 Å². The van der Waals surface area contributed by atoms with E-state index in [-0.39, 0.29) is 19.8 Å². The summed E-state index contributed by atoms with van der Waals surface area (Å²) in [6.45, 7) is 0.238. The second-order valence-electron chi connectivity index (χ2n) is 7.16. The molecule has 0 amide bonds. The number of carbonyl (C=O) groups excluding carboxylic acids is 1. The lowest BCUT2D eigenvalue weighted by Gasteiger charge is -2.25. The molecule has 0 aliphatic carbocycles. The maximum Gasteiger partial charge on any atom is 0.340 e. The number of nitrogens with zero attached hydrogens (tertiary/aromatic N) is 3. The van der Waals surface area contributed by atoms with Crippen LogP contribution in [-0.4, -0.2) is 51.6 Å². The molecule has 11 heteroatoms. The van der Waals surface area contributed by atoms with Crippen LogP contribution in [0.3, 0.4) is 0 Å². The molecular formula is C21H23N3O7S. The van der Waals surface area contributed by atoms with Crippen molar-refractivity contribution in [1.29, 1.82) is 0 Å². The van der Waals surface area contributed by atoms with Gasteiger partial charge in [0.25, 0.3) is 10.1 Å². The summed E-state index contributed by atoms with van der Waals surface area (Å²) in [6, 6.07) is 17.5. The molecule has 1 aliphatic heterocycles. The van der Waals surface area contributed by atoms with E-state index < -0.39 is 40.4 Å². The van der Waals surface area contributed by atoms with Gasteiger partial charge in [-0.05, 0) is 16.7 Å². The van der Waals surface area contributed by atoms with E-state index in [1.165, 1.54) is 0 Å². The molecular weight excluding hydrogens is 438 g/mol. The molecule has 0 spiro atoms. The highest BCUT2D eigenvalue weighted by Gasteiger charge is 2.51. The van der Waals surface area contributed by atoms with Crippen molar-refractivity contribution in [2.24, 2.45) is 5.11 Å². The number of hydrogen-bond donors (Lipinski definition) is 0. The van der Waals surface area contributed by atoms with Crippen molar-refractivity contribution in [1.82, 2.24) is 0 Å². The number of cyclic esters (lactones) is 1. The second-order valence-corrected chi connectivity index (χ2v) is 8.76. The van der Waals surface area contributed by atoms with Crippen LogP contribution in [0.25, 0.3) is 10.4 Å². The Balaban J connectivity index is 1.76. The first-order chi connectivity index (χ1) is 15.4. The van der Waals surface area contributed by atoms with E-state index in [0.29, 0.717) is 0 Å². The first kappa shape index (κ1) is 23.7. The smallest absolute Gasteiger partial charge is 0.340 e. The Labute approximate surface area is 185 Å². The van der Waals surface area contributed by atoms with Crippen molar-refractivity contribution in [3.8, 4) is 0 Å². The molecule has 1 saturated heterocycles. The summed E-state index contributed by atoms with van der Waals surface area (Å²) in [5, 5.41) is 3.70. The van der Waals surface area contributed by atoms with Crippen LogP contribution in [0.1, 0.15) is 11.1 Å². The summed E-state index contributed by atoms with van der Waals surface area (Å²) in [5.41, 5.74) is 10.7. The minimum Gasteiger partial charge on any atom is -0.457 e. The van der Waals surface area contributed by atoms with E-state index in [2.05, 4.69) is 10.0 Å². The molecule has 0 bridgehead atoms. The maximum absolute atomic E-state index is 12.4. The molecule has 2 aromatic carbocycles. The normalized spacial score (nSPS) is 21.5. The van der Waals surface area contributed by atoms with E-state index in [0.717, 1.165) is 17.4 Å². The standard InChI is InChI=1S/C21H23N3O7S/c1-32(26,27)31-20-19(29-13-16-10-6-3-7-11-16)18(30-21(20)25)17(23-24-22)14-28-12-15-8-4-2-5-9-15/h2-11,17-20H,12-14H2,1H3/t17-,18-,19-,20-/m1/s1. The molecule has 32 heavy (non-hydrogen) atoms. The molecule has 3 rings (SSSR count). The van der Waals surface area contributed by atoms with Crippen molar-refractivity contribution >= 4 is 16.1 Å². The third kappa shape index (κ3) is 6.78. The molecule has 0 aromatic heterocycles. The lowest BCUT2D eigenvalue weighted by Crippen LogP contribution is -2.43.